The minimum atomic E-state index is 0.981. The van der Waals surface area contributed by atoms with Gasteiger partial charge < -0.3 is 4.42 Å². The van der Waals surface area contributed by atoms with E-state index in [9.17, 15) is 0 Å². The van der Waals surface area contributed by atoms with Crippen molar-refractivity contribution in [1.29, 1.82) is 0 Å². The van der Waals surface area contributed by atoms with E-state index in [-0.39, 0.29) is 0 Å². The minimum absolute atomic E-state index is 0.981. The van der Waals surface area contributed by atoms with Crippen LogP contribution in [0.5, 0.6) is 0 Å². The molecule has 1 rings (SSSR count). The third-order valence-corrected chi connectivity index (χ3v) is 1.63. The SMILES string of the molecule is CSc1coc(C)c1. The van der Waals surface area contributed by atoms with Crippen LogP contribution in [-0.4, -0.2) is 6.26 Å². The van der Waals surface area contributed by atoms with E-state index in [2.05, 4.69) is 0 Å². The van der Waals surface area contributed by atoms with Crippen molar-refractivity contribution in [1.82, 2.24) is 0 Å². The van der Waals surface area contributed by atoms with Crippen LogP contribution >= 0.6 is 11.8 Å². The fourth-order valence-electron chi connectivity index (χ4n) is 0.526. The Morgan fingerprint density at radius 1 is 1.62 bits per heavy atom. The third-order valence-electron chi connectivity index (χ3n) is 0.942. The van der Waals surface area contributed by atoms with E-state index in [1.54, 1.807) is 18.0 Å². The molecule has 0 saturated carbocycles. The first-order valence-electron chi connectivity index (χ1n) is 2.42. The van der Waals surface area contributed by atoms with Gasteiger partial charge in [-0.25, -0.2) is 0 Å². The summed E-state index contributed by atoms with van der Waals surface area (Å²) in [4.78, 5) is 1.20. The molecule has 8 heavy (non-hydrogen) atoms. The number of thioether (sulfide) groups is 1. The molecule has 0 amide bonds. The summed E-state index contributed by atoms with van der Waals surface area (Å²) < 4.78 is 5.03. The third kappa shape index (κ3) is 1.07. The van der Waals surface area contributed by atoms with Crippen LogP contribution in [0, 0.1) is 6.92 Å². The quantitative estimate of drug-likeness (QED) is 0.538. The van der Waals surface area contributed by atoms with Crippen molar-refractivity contribution in [3.8, 4) is 0 Å². The Balaban J connectivity index is 2.84. The molecule has 0 unspecified atom stereocenters. The first-order valence-corrected chi connectivity index (χ1v) is 3.64. The summed E-state index contributed by atoms with van der Waals surface area (Å²) in [6, 6.07) is 2.02. The Morgan fingerprint density at radius 2 is 2.38 bits per heavy atom. The maximum absolute atomic E-state index is 5.03. The molecule has 0 saturated heterocycles. The molecule has 1 aromatic heterocycles. The van der Waals surface area contributed by atoms with E-state index >= 15 is 0 Å². The van der Waals surface area contributed by atoms with Gasteiger partial charge >= 0.3 is 0 Å². The lowest BCUT2D eigenvalue weighted by molar-refractivity contribution is 0.530. The summed E-state index contributed by atoms with van der Waals surface area (Å²) in [7, 11) is 0. The van der Waals surface area contributed by atoms with Crippen LogP contribution in [0.4, 0.5) is 0 Å². The average Bonchev–Trinajstić information content (AvgIpc) is 2.14. The predicted octanol–water partition coefficient (Wildman–Crippen LogP) is 2.31. The molecule has 44 valence electrons. The first-order chi connectivity index (χ1) is 3.83. The van der Waals surface area contributed by atoms with Gasteiger partial charge in [-0.1, -0.05) is 0 Å². The van der Waals surface area contributed by atoms with Crippen LogP contribution in [0.2, 0.25) is 0 Å². The highest BCUT2D eigenvalue weighted by Crippen LogP contribution is 2.16. The minimum Gasteiger partial charge on any atom is -0.468 e. The summed E-state index contributed by atoms with van der Waals surface area (Å²) in [5.41, 5.74) is 0. The Kier molecular flexibility index (Phi) is 1.63. The van der Waals surface area contributed by atoms with Crippen molar-refractivity contribution >= 4 is 11.8 Å². The zero-order valence-electron chi connectivity index (χ0n) is 4.97. The number of hydrogen-bond donors (Lipinski definition) is 0. The second kappa shape index (κ2) is 2.27. The predicted molar refractivity (Wildman–Crippen MR) is 35.2 cm³/mol. The molecular weight excluding hydrogens is 120 g/mol. The molecule has 0 spiro atoms. The van der Waals surface area contributed by atoms with Gasteiger partial charge in [0.15, 0.2) is 0 Å². The highest BCUT2D eigenvalue weighted by Gasteiger charge is 1.91. The van der Waals surface area contributed by atoms with Gasteiger partial charge in [-0.05, 0) is 19.2 Å². The van der Waals surface area contributed by atoms with Crippen molar-refractivity contribution in [2.24, 2.45) is 0 Å². The first kappa shape index (κ1) is 5.76. The van der Waals surface area contributed by atoms with Crippen LogP contribution in [0.25, 0.3) is 0 Å². The molecule has 1 nitrogen and oxygen atoms in total. The second-order valence-corrected chi connectivity index (χ2v) is 2.48. The molecule has 0 atom stereocenters. The Hall–Kier alpha value is -0.370. The van der Waals surface area contributed by atoms with Crippen molar-refractivity contribution < 1.29 is 4.42 Å². The van der Waals surface area contributed by atoms with Gasteiger partial charge in [0.1, 0.15) is 12.0 Å². The topological polar surface area (TPSA) is 13.1 Å². The molecule has 0 radical (unpaired) electrons. The summed E-state index contributed by atoms with van der Waals surface area (Å²) in [6.45, 7) is 1.94. The average molecular weight is 128 g/mol. The highest BCUT2D eigenvalue weighted by molar-refractivity contribution is 7.98. The van der Waals surface area contributed by atoms with Crippen molar-refractivity contribution in [2.75, 3.05) is 6.26 Å². The summed E-state index contributed by atoms with van der Waals surface area (Å²) in [5, 5.41) is 0. The smallest absolute Gasteiger partial charge is 0.104 e. The molecule has 0 aliphatic carbocycles. The molecule has 0 fully saturated rings. The summed E-state index contributed by atoms with van der Waals surface area (Å²) in [6.07, 6.45) is 3.80. The van der Waals surface area contributed by atoms with Crippen molar-refractivity contribution in [3.63, 3.8) is 0 Å². The van der Waals surface area contributed by atoms with E-state index in [4.69, 9.17) is 4.42 Å². The summed E-state index contributed by atoms with van der Waals surface area (Å²) in [5.74, 6) is 0.981. The number of aryl methyl sites for hydroxylation is 1. The molecule has 0 aliphatic rings. The van der Waals surface area contributed by atoms with E-state index < -0.39 is 0 Å². The van der Waals surface area contributed by atoms with Gasteiger partial charge in [-0.3, -0.25) is 0 Å². The Morgan fingerprint density at radius 3 is 2.62 bits per heavy atom. The Labute approximate surface area is 53.1 Å². The van der Waals surface area contributed by atoms with Crippen molar-refractivity contribution in [2.45, 2.75) is 11.8 Å². The van der Waals surface area contributed by atoms with E-state index in [1.165, 1.54) is 4.90 Å². The van der Waals surface area contributed by atoms with Crippen LogP contribution in [-0.2, 0) is 0 Å². The normalized spacial score (nSPS) is 9.75. The van der Waals surface area contributed by atoms with Gasteiger partial charge in [0.05, 0.1) is 0 Å². The molecule has 1 heterocycles. The van der Waals surface area contributed by atoms with Gasteiger partial charge in [-0.15, -0.1) is 11.8 Å². The van der Waals surface area contributed by atoms with E-state index in [0.29, 0.717) is 0 Å². The lowest BCUT2D eigenvalue weighted by Gasteiger charge is -1.77. The van der Waals surface area contributed by atoms with E-state index in [1.807, 2.05) is 19.2 Å². The van der Waals surface area contributed by atoms with Crippen LogP contribution in [0.15, 0.2) is 21.6 Å². The molecule has 2 heteroatoms. The largest absolute Gasteiger partial charge is 0.468 e. The second-order valence-electron chi connectivity index (χ2n) is 1.60. The fourth-order valence-corrected chi connectivity index (χ4v) is 0.955. The molecule has 0 aromatic carbocycles. The van der Waals surface area contributed by atoms with E-state index in [0.717, 1.165) is 5.76 Å². The molecule has 1 aromatic rings. The van der Waals surface area contributed by atoms with Crippen LogP contribution in [0.3, 0.4) is 0 Å². The number of hydrogen-bond acceptors (Lipinski definition) is 2. The highest BCUT2D eigenvalue weighted by atomic mass is 32.2. The zero-order chi connectivity index (χ0) is 5.98. The monoisotopic (exact) mass is 128 g/mol. The molecule has 0 bridgehead atoms. The molecule has 0 N–H and O–H groups in total. The lowest BCUT2D eigenvalue weighted by atomic mass is 10.5. The van der Waals surface area contributed by atoms with Gasteiger partial charge in [0.25, 0.3) is 0 Å². The fraction of sp³-hybridized carbons (Fsp3) is 0.333. The number of rotatable bonds is 1. The zero-order valence-corrected chi connectivity index (χ0v) is 5.79. The molecular formula is C6H8OS. The standard InChI is InChI=1S/C6H8OS/c1-5-3-6(8-2)4-7-5/h3-4H,1-2H3. The maximum Gasteiger partial charge on any atom is 0.104 e. The van der Waals surface area contributed by atoms with Gasteiger partial charge in [0.2, 0.25) is 0 Å². The number of furan rings is 1. The summed E-state index contributed by atoms with van der Waals surface area (Å²) >= 11 is 1.70. The van der Waals surface area contributed by atoms with Crippen LogP contribution in [0.1, 0.15) is 5.76 Å². The van der Waals surface area contributed by atoms with Crippen molar-refractivity contribution in [3.05, 3.63) is 18.1 Å². The maximum atomic E-state index is 5.03. The van der Waals surface area contributed by atoms with Gasteiger partial charge in [0, 0.05) is 4.90 Å². The Bertz CT molecular complexity index is 169. The lowest BCUT2D eigenvalue weighted by Crippen LogP contribution is -1.54. The molecule has 0 aliphatic heterocycles. The van der Waals surface area contributed by atoms with Gasteiger partial charge in [-0.2, -0.15) is 0 Å². The van der Waals surface area contributed by atoms with Crippen LogP contribution < -0.4 is 0 Å².